The Hall–Kier alpha value is -2.74. The van der Waals surface area contributed by atoms with Crippen molar-refractivity contribution in [2.24, 2.45) is 0 Å². The van der Waals surface area contributed by atoms with Crippen molar-refractivity contribution in [3.63, 3.8) is 0 Å². The van der Waals surface area contributed by atoms with Gasteiger partial charge < -0.3 is 14.6 Å². The lowest BCUT2D eigenvalue weighted by molar-refractivity contribution is -0.139. The summed E-state index contributed by atoms with van der Waals surface area (Å²) in [6.45, 7) is 5.95. The molecule has 4 nitrogen and oxygen atoms in total. The first-order valence-electron chi connectivity index (χ1n) is 10.8. The lowest BCUT2D eigenvalue weighted by atomic mass is 9.95. The average Bonchev–Trinajstić information content (AvgIpc) is 3.07. The number of hydrogen-bond donors (Lipinski definition) is 1. The number of carbonyl (C=O) groups is 1. The average molecular weight is 481 g/mol. The van der Waals surface area contributed by atoms with Crippen LogP contribution in [0.2, 0.25) is 0 Å². The van der Waals surface area contributed by atoms with Crippen molar-refractivity contribution >= 4 is 27.4 Å². The Bertz CT molecular complexity index is 1120. The van der Waals surface area contributed by atoms with E-state index >= 15 is 0 Å². The zero-order valence-electron chi connectivity index (χ0n) is 18.8. The molecule has 33 heavy (non-hydrogen) atoms. The molecule has 0 saturated heterocycles. The van der Waals surface area contributed by atoms with Crippen molar-refractivity contribution in [1.29, 1.82) is 0 Å². The van der Waals surface area contributed by atoms with E-state index in [9.17, 15) is 18.0 Å². The van der Waals surface area contributed by atoms with Crippen LogP contribution in [0, 0.1) is 13.8 Å². The molecule has 1 unspecified atom stereocenters. The van der Waals surface area contributed by atoms with E-state index in [2.05, 4.69) is 6.92 Å². The smallest absolute Gasteiger partial charge is 0.416 e. The quantitative estimate of drug-likeness (QED) is 0.330. The van der Waals surface area contributed by atoms with Gasteiger partial charge in [-0.05, 0) is 79.5 Å². The van der Waals surface area contributed by atoms with Gasteiger partial charge in [0.2, 0.25) is 0 Å². The minimum atomic E-state index is -4.35. The van der Waals surface area contributed by atoms with Gasteiger partial charge in [-0.25, -0.2) is 4.79 Å². The molecule has 2 aromatic carbocycles. The second kappa shape index (κ2) is 10.5. The maximum absolute atomic E-state index is 13.1. The van der Waals surface area contributed by atoms with Crippen LogP contribution in [0.4, 0.5) is 13.2 Å². The van der Waals surface area contributed by atoms with Gasteiger partial charge in [0.25, 0.3) is 0 Å². The van der Waals surface area contributed by atoms with E-state index in [1.54, 1.807) is 24.3 Å². The maximum Gasteiger partial charge on any atom is 0.416 e. The molecule has 178 valence electrons. The summed E-state index contributed by atoms with van der Waals surface area (Å²) in [5.74, 6) is 0.310. The highest BCUT2D eigenvalue weighted by Gasteiger charge is 2.31. The van der Waals surface area contributed by atoms with Crippen LogP contribution in [-0.4, -0.2) is 24.3 Å². The number of carboxylic acids is 1. The molecule has 0 aliphatic rings. The minimum Gasteiger partial charge on any atom is -0.494 e. The predicted molar refractivity (Wildman–Crippen MR) is 124 cm³/mol. The van der Waals surface area contributed by atoms with E-state index in [4.69, 9.17) is 14.6 Å². The van der Waals surface area contributed by atoms with Crippen LogP contribution >= 0.6 is 11.3 Å². The number of hydrogen-bond acceptors (Lipinski definition) is 4. The summed E-state index contributed by atoms with van der Waals surface area (Å²) in [6, 6.07) is 9.19. The third kappa shape index (κ3) is 6.19. The van der Waals surface area contributed by atoms with E-state index in [1.165, 1.54) is 17.4 Å². The summed E-state index contributed by atoms with van der Waals surface area (Å²) in [6.07, 6.45) is -1.73. The third-order valence-electron chi connectivity index (χ3n) is 5.54. The van der Waals surface area contributed by atoms with Crippen molar-refractivity contribution in [2.75, 3.05) is 13.2 Å². The Morgan fingerprint density at radius 1 is 1.09 bits per heavy atom. The molecule has 3 aromatic rings. The topological polar surface area (TPSA) is 55.8 Å². The Balaban J connectivity index is 1.71. The molecule has 0 aliphatic carbocycles. The van der Waals surface area contributed by atoms with Gasteiger partial charge in [-0.2, -0.15) is 13.2 Å². The van der Waals surface area contributed by atoms with Gasteiger partial charge >= 0.3 is 12.1 Å². The van der Waals surface area contributed by atoms with Crippen LogP contribution in [-0.2, 0) is 11.0 Å². The van der Waals surface area contributed by atoms with E-state index < -0.39 is 24.3 Å². The molecule has 0 aliphatic heterocycles. The highest BCUT2D eigenvalue weighted by atomic mass is 32.1. The molecule has 1 atom stereocenters. The van der Waals surface area contributed by atoms with E-state index in [1.807, 2.05) is 13.8 Å². The van der Waals surface area contributed by atoms with Crippen LogP contribution in [0.15, 0.2) is 36.4 Å². The number of thiophene rings is 1. The molecular formula is C25H27F3O4S. The summed E-state index contributed by atoms with van der Waals surface area (Å²) in [7, 11) is 0. The largest absolute Gasteiger partial charge is 0.494 e. The molecule has 0 spiro atoms. The number of aryl methyl sites for hydroxylation is 2. The Morgan fingerprint density at radius 2 is 1.85 bits per heavy atom. The SMILES string of the molecule is CCCC(CCOc1ccc(OCC(=O)O)c(C)c1)c1sc2cc(C(F)(F)F)ccc2c1C. The van der Waals surface area contributed by atoms with Gasteiger partial charge in [0, 0.05) is 9.58 Å². The lowest BCUT2D eigenvalue weighted by Crippen LogP contribution is -2.10. The zero-order valence-corrected chi connectivity index (χ0v) is 19.6. The summed E-state index contributed by atoms with van der Waals surface area (Å²) in [4.78, 5) is 11.8. The summed E-state index contributed by atoms with van der Waals surface area (Å²) in [5, 5.41) is 9.61. The molecular weight excluding hydrogens is 453 g/mol. The van der Waals surface area contributed by atoms with Gasteiger partial charge in [0.15, 0.2) is 6.61 Å². The fourth-order valence-electron chi connectivity index (χ4n) is 3.90. The molecule has 3 rings (SSSR count). The van der Waals surface area contributed by atoms with Crippen LogP contribution in [0.3, 0.4) is 0 Å². The van der Waals surface area contributed by atoms with E-state index in [0.29, 0.717) is 22.8 Å². The van der Waals surface area contributed by atoms with Crippen LogP contribution < -0.4 is 9.47 Å². The summed E-state index contributed by atoms with van der Waals surface area (Å²) < 4.78 is 51.2. The molecule has 1 N–H and O–H groups in total. The normalized spacial score (nSPS) is 12.7. The van der Waals surface area contributed by atoms with Crippen LogP contribution in [0.5, 0.6) is 11.5 Å². The lowest BCUT2D eigenvalue weighted by Gasteiger charge is -2.17. The Labute approximate surface area is 195 Å². The van der Waals surface area contributed by atoms with Crippen LogP contribution in [0.1, 0.15) is 53.7 Å². The fourth-order valence-corrected chi connectivity index (χ4v) is 5.32. The number of ether oxygens (including phenoxy) is 2. The van der Waals surface area contributed by atoms with Crippen molar-refractivity contribution < 1.29 is 32.5 Å². The van der Waals surface area contributed by atoms with Crippen molar-refractivity contribution in [2.45, 2.75) is 52.1 Å². The highest BCUT2D eigenvalue weighted by Crippen LogP contribution is 2.41. The summed E-state index contributed by atoms with van der Waals surface area (Å²) in [5.41, 5.74) is 1.20. The number of fused-ring (bicyclic) bond motifs is 1. The van der Waals surface area contributed by atoms with Gasteiger partial charge in [-0.1, -0.05) is 19.4 Å². The number of rotatable bonds is 10. The predicted octanol–water partition coefficient (Wildman–Crippen LogP) is 7.35. The highest BCUT2D eigenvalue weighted by molar-refractivity contribution is 7.19. The molecule has 0 fully saturated rings. The van der Waals surface area contributed by atoms with Crippen molar-refractivity contribution in [1.82, 2.24) is 0 Å². The van der Waals surface area contributed by atoms with E-state index in [0.717, 1.165) is 46.7 Å². The van der Waals surface area contributed by atoms with E-state index in [-0.39, 0.29) is 5.92 Å². The van der Waals surface area contributed by atoms with Crippen LogP contribution in [0.25, 0.3) is 10.1 Å². The maximum atomic E-state index is 13.1. The molecule has 8 heteroatoms. The fraction of sp³-hybridized carbons (Fsp3) is 0.400. The second-order valence-electron chi connectivity index (χ2n) is 8.03. The Kier molecular flexibility index (Phi) is 7.89. The van der Waals surface area contributed by atoms with Gasteiger partial charge in [-0.15, -0.1) is 11.3 Å². The number of carboxylic acid groups (broad SMARTS) is 1. The summed E-state index contributed by atoms with van der Waals surface area (Å²) >= 11 is 1.44. The Morgan fingerprint density at radius 3 is 2.48 bits per heavy atom. The minimum absolute atomic E-state index is 0.195. The number of halogens is 3. The molecule has 0 saturated carbocycles. The molecule has 0 radical (unpaired) electrons. The molecule has 1 aromatic heterocycles. The first-order chi connectivity index (χ1) is 15.6. The van der Waals surface area contributed by atoms with Crippen molar-refractivity contribution in [3.8, 4) is 11.5 Å². The van der Waals surface area contributed by atoms with Crippen molar-refractivity contribution in [3.05, 3.63) is 58.0 Å². The second-order valence-corrected chi connectivity index (χ2v) is 9.12. The molecule has 0 bridgehead atoms. The van der Waals surface area contributed by atoms with Gasteiger partial charge in [0.1, 0.15) is 11.5 Å². The number of benzene rings is 2. The van der Waals surface area contributed by atoms with Gasteiger partial charge in [0.05, 0.1) is 12.2 Å². The monoisotopic (exact) mass is 480 g/mol. The number of aliphatic carboxylic acids is 1. The first-order valence-corrected chi connectivity index (χ1v) is 11.6. The molecule has 1 heterocycles. The molecule has 0 amide bonds. The zero-order chi connectivity index (χ0) is 24.2. The third-order valence-corrected chi connectivity index (χ3v) is 6.96. The number of alkyl halides is 3. The standard InChI is InChI=1S/C25H27F3O4S/c1-4-5-17(10-11-31-19-7-9-21(15(2)12-19)32-14-23(29)30)24-16(3)20-8-6-18(25(26,27)28)13-22(20)33-24/h6-9,12-13,17H,4-5,10-11,14H2,1-3H3,(H,29,30). The first kappa shape index (κ1) is 24.9. The van der Waals surface area contributed by atoms with Gasteiger partial charge in [-0.3, -0.25) is 0 Å².